The first-order chi connectivity index (χ1) is 16.7. The van der Waals surface area contributed by atoms with Crippen LogP contribution in [0.2, 0.25) is 0 Å². The molecule has 1 aromatic carbocycles. The minimum Gasteiger partial charge on any atom is -0.349 e. The van der Waals surface area contributed by atoms with Gasteiger partial charge in [0.1, 0.15) is 11.7 Å². The van der Waals surface area contributed by atoms with Gasteiger partial charge in [-0.2, -0.15) is 0 Å². The summed E-state index contributed by atoms with van der Waals surface area (Å²) in [6, 6.07) is 21.2. The molecule has 7 nitrogen and oxygen atoms in total. The topological polar surface area (TPSA) is 96.0 Å². The molecule has 0 radical (unpaired) electrons. The standard InChI is InChI=1S/C27H31N5O2/c33-26(31-19-21-12-4-7-15-28-21)24(32-27(34)23-13-5-8-16-29-23)14-6-9-17-30-25-18-22(25)20-10-2-1-3-11-20/h1-5,7-8,10-13,15-16,22,24-25,30H,6,9,14,17-19H2,(H,31,33)(H,32,34)/t22-,24?,25+/m0/s1. The zero-order chi connectivity index (χ0) is 23.6. The van der Waals surface area contributed by atoms with E-state index in [9.17, 15) is 9.59 Å². The quantitative estimate of drug-likeness (QED) is 0.363. The molecule has 176 valence electrons. The van der Waals surface area contributed by atoms with Crippen molar-refractivity contribution in [1.29, 1.82) is 0 Å². The maximum atomic E-state index is 12.9. The van der Waals surface area contributed by atoms with Gasteiger partial charge in [0.05, 0.1) is 12.2 Å². The summed E-state index contributed by atoms with van der Waals surface area (Å²) >= 11 is 0. The third-order valence-corrected chi connectivity index (χ3v) is 6.03. The van der Waals surface area contributed by atoms with Crippen LogP contribution >= 0.6 is 0 Å². The maximum absolute atomic E-state index is 12.9. The lowest BCUT2D eigenvalue weighted by atomic mass is 10.1. The van der Waals surface area contributed by atoms with Gasteiger partial charge >= 0.3 is 0 Å². The number of benzene rings is 1. The van der Waals surface area contributed by atoms with E-state index in [0.29, 0.717) is 30.6 Å². The minimum atomic E-state index is -0.629. The Labute approximate surface area is 200 Å². The van der Waals surface area contributed by atoms with Crippen LogP contribution in [0.15, 0.2) is 79.1 Å². The SMILES string of the molecule is O=C(NC(CCCCN[C@@H]1C[C@H]1c1ccccc1)C(=O)NCc1ccccn1)c1ccccn1. The van der Waals surface area contributed by atoms with E-state index in [1.807, 2.05) is 24.3 Å². The molecule has 1 aliphatic rings. The lowest BCUT2D eigenvalue weighted by Gasteiger charge is -2.18. The highest BCUT2D eigenvalue weighted by molar-refractivity contribution is 5.96. The van der Waals surface area contributed by atoms with Crippen molar-refractivity contribution >= 4 is 11.8 Å². The van der Waals surface area contributed by atoms with Crippen molar-refractivity contribution in [2.24, 2.45) is 0 Å². The third kappa shape index (κ3) is 6.96. The number of carbonyl (C=O) groups is 2. The summed E-state index contributed by atoms with van der Waals surface area (Å²) in [5, 5.41) is 9.37. The Bertz CT molecular complexity index is 1050. The first-order valence-electron chi connectivity index (χ1n) is 11.9. The molecule has 0 bridgehead atoms. The Kier molecular flexibility index (Phi) is 8.35. The Morgan fingerprint density at radius 3 is 2.41 bits per heavy atom. The smallest absolute Gasteiger partial charge is 0.270 e. The van der Waals surface area contributed by atoms with Crippen LogP contribution in [-0.2, 0) is 11.3 Å². The van der Waals surface area contributed by atoms with Crippen LogP contribution in [0.3, 0.4) is 0 Å². The summed E-state index contributed by atoms with van der Waals surface area (Å²) in [5.74, 6) is 0.0404. The number of carbonyl (C=O) groups excluding carboxylic acids is 2. The van der Waals surface area contributed by atoms with Gasteiger partial charge in [0.25, 0.3) is 5.91 Å². The largest absolute Gasteiger partial charge is 0.349 e. The predicted molar refractivity (Wildman–Crippen MR) is 131 cm³/mol. The summed E-state index contributed by atoms with van der Waals surface area (Å²) in [5.41, 5.74) is 2.46. The van der Waals surface area contributed by atoms with Gasteiger partial charge in [0.15, 0.2) is 0 Å². The monoisotopic (exact) mass is 457 g/mol. The summed E-state index contributed by atoms with van der Waals surface area (Å²) in [7, 11) is 0. The Morgan fingerprint density at radius 1 is 0.912 bits per heavy atom. The second-order valence-corrected chi connectivity index (χ2v) is 8.59. The third-order valence-electron chi connectivity index (χ3n) is 6.03. The van der Waals surface area contributed by atoms with E-state index in [0.717, 1.165) is 25.1 Å². The fourth-order valence-corrected chi connectivity index (χ4v) is 4.05. The average Bonchev–Trinajstić information content (AvgIpc) is 3.67. The fraction of sp³-hybridized carbons (Fsp3) is 0.333. The van der Waals surface area contributed by atoms with Crippen molar-refractivity contribution in [2.75, 3.05) is 6.54 Å². The number of unbranched alkanes of at least 4 members (excludes halogenated alkanes) is 1. The van der Waals surface area contributed by atoms with Crippen LogP contribution in [0.4, 0.5) is 0 Å². The first kappa shape index (κ1) is 23.6. The molecule has 0 aliphatic heterocycles. The van der Waals surface area contributed by atoms with Crippen molar-refractivity contribution in [3.05, 3.63) is 96.1 Å². The summed E-state index contributed by atoms with van der Waals surface area (Å²) < 4.78 is 0. The minimum absolute atomic E-state index is 0.214. The van der Waals surface area contributed by atoms with Gasteiger partial charge in [-0.25, -0.2) is 0 Å². The van der Waals surface area contributed by atoms with Crippen molar-refractivity contribution in [3.8, 4) is 0 Å². The Hall–Kier alpha value is -3.58. The van der Waals surface area contributed by atoms with E-state index in [2.05, 4.69) is 50.2 Å². The van der Waals surface area contributed by atoms with Gasteiger partial charge in [0, 0.05) is 24.4 Å². The lowest BCUT2D eigenvalue weighted by molar-refractivity contribution is -0.123. The Balaban J connectivity index is 1.24. The second-order valence-electron chi connectivity index (χ2n) is 8.59. The number of aromatic nitrogens is 2. The number of nitrogens with zero attached hydrogens (tertiary/aromatic N) is 2. The molecule has 3 N–H and O–H groups in total. The van der Waals surface area contributed by atoms with Crippen LogP contribution in [0, 0.1) is 0 Å². The van der Waals surface area contributed by atoms with Crippen LogP contribution in [-0.4, -0.2) is 40.4 Å². The van der Waals surface area contributed by atoms with Gasteiger partial charge in [-0.3, -0.25) is 19.6 Å². The fourth-order valence-electron chi connectivity index (χ4n) is 4.05. The lowest BCUT2D eigenvalue weighted by Crippen LogP contribution is -2.46. The van der Waals surface area contributed by atoms with Crippen LogP contribution in [0.1, 0.15) is 53.3 Å². The number of hydrogen-bond donors (Lipinski definition) is 3. The molecule has 7 heteroatoms. The summed E-state index contributed by atoms with van der Waals surface area (Å²) in [6.45, 7) is 1.21. The molecular weight excluding hydrogens is 426 g/mol. The van der Waals surface area contributed by atoms with E-state index in [1.165, 1.54) is 12.0 Å². The molecule has 1 fully saturated rings. The molecule has 2 heterocycles. The number of rotatable bonds is 12. The van der Waals surface area contributed by atoms with E-state index in [-0.39, 0.29) is 11.8 Å². The number of nitrogens with one attached hydrogen (secondary N) is 3. The zero-order valence-electron chi connectivity index (χ0n) is 19.2. The molecule has 4 rings (SSSR count). The summed E-state index contributed by atoms with van der Waals surface area (Å²) in [6.07, 6.45) is 6.74. The Morgan fingerprint density at radius 2 is 1.68 bits per heavy atom. The maximum Gasteiger partial charge on any atom is 0.270 e. The number of pyridine rings is 2. The van der Waals surface area contributed by atoms with Gasteiger partial charge < -0.3 is 16.0 Å². The molecule has 2 amide bonds. The number of hydrogen-bond acceptors (Lipinski definition) is 5. The van der Waals surface area contributed by atoms with Gasteiger partial charge in [-0.15, -0.1) is 0 Å². The molecule has 1 aliphatic carbocycles. The predicted octanol–water partition coefficient (Wildman–Crippen LogP) is 3.21. The summed E-state index contributed by atoms with van der Waals surface area (Å²) in [4.78, 5) is 33.8. The molecule has 3 aromatic rings. The van der Waals surface area contributed by atoms with E-state index < -0.39 is 6.04 Å². The van der Waals surface area contributed by atoms with Crippen molar-refractivity contribution in [3.63, 3.8) is 0 Å². The highest BCUT2D eigenvalue weighted by atomic mass is 16.2. The van der Waals surface area contributed by atoms with E-state index in [4.69, 9.17) is 0 Å². The molecule has 34 heavy (non-hydrogen) atoms. The molecular formula is C27H31N5O2. The average molecular weight is 458 g/mol. The molecule has 3 atom stereocenters. The highest BCUT2D eigenvalue weighted by Crippen LogP contribution is 2.40. The van der Waals surface area contributed by atoms with Crippen molar-refractivity contribution < 1.29 is 9.59 Å². The van der Waals surface area contributed by atoms with Crippen LogP contribution in [0.25, 0.3) is 0 Å². The highest BCUT2D eigenvalue weighted by Gasteiger charge is 2.37. The zero-order valence-corrected chi connectivity index (χ0v) is 19.2. The normalized spacial score (nSPS) is 17.5. The molecule has 0 spiro atoms. The van der Waals surface area contributed by atoms with Gasteiger partial charge in [-0.05, 0) is 62.1 Å². The van der Waals surface area contributed by atoms with Crippen molar-refractivity contribution in [1.82, 2.24) is 25.9 Å². The molecule has 1 unspecified atom stereocenters. The molecule has 0 saturated heterocycles. The number of amides is 2. The van der Waals surface area contributed by atoms with Crippen LogP contribution < -0.4 is 16.0 Å². The van der Waals surface area contributed by atoms with E-state index >= 15 is 0 Å². The van der Waals surface area contributed by atoms with Crippen LogP contribution in [0.5, 0.6) is 0 Å². The van der Waals surface area contributed by atoms with E-state index in [1.54, 1.807) is 30.6 Å². The molecule has 1 saturated carbocycles. The second kappa shape index (κ2) is 12.0. The molecule has 2 aromatic heterocycles. The van der Waals surface area contributed by atoms with Crippen molar-refractivity contribution in [2.45, 2.75) is 50.2 Å². The van der Waals surface area contributed by atoms with Gasteiger partial charge in [0.2, 0.25) is 5.91 Å². The van der Waals surface area contributed by atoms with Gasteiger partial charge in [-0.1, -0.05) is 42.5 Å². The first-order valence-corrected chi connectivity index (χ1v) is 11.9.